The van der Waals surface area contributed by atoms with Gasteiger partial charge in [0.2, 0.25) is 0 Å². The van der Waals surface area contributed by atoms with Gasteiger partial charge in [0.25, 0.3) is 5.91 Å². The smallest absolute Gasteiger partial charge is 0.257 e. The molecule has 1 saturated heterocycles. The first kappa shape index (κ1) is 16.3. The van der Waals surface area contributed by atoms with E-state index in [0.717, 1.165) is 22.6 Å². The van der Waals surface area contributed by atoms with E-state index >= 15 is 0 Å². The molecule has 1 aliphatic heterocycles. The van der Waals surface area contributed by atoms with Crippen LogP contribution in [-0.2, 0) is 17.3 Å². The summed E-state index contributed by atoms with van der Waals surface area (Å²) in [4.78, 5) is 17.0. The number of carbonyl (C=O) groups excluding carboxylic acids is 1. The lowest BCUT2D eigenvalue weighted by molar-refractivity contribution is -0.131. The third-order valence-electron chi connectivity index (χ3n) is 4.23. The number of nitrogens with one attached hydrogen (secondary N) is 1. The number of carbonyl (C=O) groups is 1. The Morgan fingerprint density at radius 3 is 2.78 bits per heavy atom. The van der Waals surface area contributed by atoms with Crippen LogP contribution < -0.4 is 5.32 Å². The maximum absolute atomic E-state index is 12.3. The zero-order valence-corrected chi connectivity index (χ0v) is 14.8. The van der Waals surface area contributed by atoms with Crippen LogP contribution in [0.1, 0.15) is 33.0 Å². The van der Waals surface area contributed by atoms with E-state index in [1.165, 1.54) is 0 Å². The molecule has 5 nitrogen and oxygen atoms in total. The fraction of sp³-hybridized carbons (Fsp3) is 0.529. The number of aromatic nitrogens is 2. The molecule has 23 heavy (non-hydrogen) atoms. The standard InChI is InChI=1S/C17H23N3O2S/c1-16(2,3)14-19-12-9-11(5-6-13(12)20(14)4)18-15(21)17(22)7-8-23-10-17/h5-6,9,22H,7-8,10H2,1-4H3,(H,18,21). The number of fused-ring (bicyclic) bond motifs is 1. The summed E-state index contributed by atoms with van der Waals surface area (Å²) < 4.78 is 2.09. The maximum Gasteiger partial charge on any atom is 0.257 e. The molecule has 0 aliphatic carbocycles. The molecule has 2 aromatic rings. The number of amides is 1. The second-order valence-electron chi connectivity index (χ2n) is 7.24. The van der Waals surface area contributed by atoms with Crippen LogP contribution in [0.4, 0.5) is 5.69 Å². The first-order valence-corrected chi connectivity index (χ1v) is 8.95. The molecule has 0 bridgehead atoms. The molecular weight excluding hydrogens is 310 g/mol. The number of anilines is 1. The van der Waals surface area contributed by atoms with Crippen molar-refractivity contribution < 1.29 is 9.90 Å². The molecule has 3 rings (SSSR count). The van der Waals surface area contributed by atoms with E-state index in [-0.39, 0.29) is 11.3 Å². The number of benzene rings is 1. The molecular formula is C17H23N3O2S. The van der Waals surface area contributed by atoms with Gasteiger partial charge >= 0.3 is 0 Å². The summed E-state index contributed by atoms with van der Waals surface area (Å²) >= 11 is 1.60. The number of imidazole rings is 1. The summed E-state index contributed by atoms with van der Waals surface area (Å²) in [7, 11) is 2.01. The molecule has 1 atom stereocenters. The molecule has 124 valence electrons. The SMILES string of the molecule is Cn1c(C(C)(C)C)nc2cc(NC(=O)C3(O)CCSC3)ccc21. The van der Waals surface area contributed by atoms with E-state index in [9.17, 15) is 9.90 Å². The average Bonchev–Trinajstić information content (AvgIpc) is 3.04. The van der Waals surface area contributed by atoms with Crippen molar-refractivity contribution in [3.63, 3.8) is 0 Å². The van der Waals surface area contributed by atoms with Crippen LogP contribution in [0.15, 0.2) is 18.2 Å². The van der Waals surface area contributed by atoms with Gasteiger partial charge in [-0.3, -0.25) is 4.79 Å². The molecule has 1 fully saturated rings. The quantitative estimate of drug-likeness (QED) is 0.887. The summed E-state index contributed by atoms with van der Waals surface area (Å²) in [6, 6.07) is 5.69. The number of rotatable bonds is 2. The van der Waals surface area contributed by atoms with Crippen molar-refractivity contribution in [1.29, 1.82) is 0 Å². The Kier molecular flexibility index (Phi) is 3.92. The molecule has 2 N–H and O–H groups in total. The third kappa shape index (κ3) is 2.97. The third-order valence-corrected chi connectivity index (χ3v) is 5.41. The van der Waals surface area contributed by atoms with E-state index in [1.807, 2.05) is 25.2 Å². The zero-order valence-electron chi connectivity index (χ0n) is 14.0. The molecule has 1 amide bonds. The summed E-state index contributed by atoms with van der Waals surface area (Å²) in [5.74, 6) is 1.95. The Morgan fingerprint density at radius 2 is 2.17 bits per heavy atom. The van der Waals surface area contributed by atoms with Crippen LogP contribution in [0.25, 0.3) is 11.0 Å². The predicted octanol–water partition coefficient (Wildman–Crippen LogP) is 2.68. The number of aliphatic hydroxyl groups is 1. The molecule has 1 aromatic carbocycles. The number of hydrogen-bond acceptors (Lipinski definition) is 4. The Labute approximate surface area is 140 Å². The Bertz CT molecular complexity index is 755. The van der Waals surface area contributed by atoms with Gasteiger partial charge in [0.05, 0.1) is 11.0 Å². The van der Waals surface area contributed by atoms with Crippen LogP contribution in [0.2, 0.25) is 0 Å². The van der Waals surface area contributed by atoms with Crippen LogP contribution in [-0.4, -0.2) is 37.7 Å². The van der Waals surface area contributed by atoms with E-state index in [0.29, 0.717) is 17.9 Å². The van der Waals surface area contributed by atoms with Gasteiger partial charge in [-0.1, -0.05) is 20.8 Å². The minimum atomic E-state index is -1.25. The van der Waals surface area contributed by atoms with Gasteiger partial charge in [0.1, 0.15) is 5.82 Å². The number of thioether (sulfide) groups is 1. The lowest BCUT2D eigenvalue weighted by Crippen LogP contribution is -2.42. The Balaban J connectivity index is 1.90. The van der Waals surface area contributed by atoms with Gasteiger partial charge in [-0.05, 0) is 30.4 Å². The molecule has 1 aliphatic rings. The lowest BCUT2D eigenvalue weighted by Gasteiger charge is -2.20. The molecule has 1 unspecified atom stereocenters. The summed E-state index contributed by atoms with van der Waals surface area (Å²) in [5.41, 5.74) is 1.26. The highest BCUT2D eigenvalue weighted by Gasteiger charge is 2.39. The fourth-order valence-corrected chi connectivity index (χ4v) is 4.17. The molecule has 6 heteroatoms. The van der Waals surface area contributed by atoms with Crippen molar-refractivity contribution in [3.8, 4) is 0 Å². The van der Waals surface area contributed by atoms with Crippen LogP contribution in [0, 0.1) is 0 Å². The molecule has 1 aromatic heterocycles. The van der Waals surface area contributed by atoms with Crippen molar-refractivity contribution in [1.82, 2.24) is 9.55 Å². The normalized spacial score (nSPS) is 21.8. The number of hydrogen-bond donors (Lipinski definition) is 2. The van der Waals surface area contributed by atoms with E-state index < -0.39 is 5.60 Å². The summed E-state index contributed by atoms with van der Waals surface area (Å²) in [6.45, 7) is 6.39. The van der Waals surface area contributed by atoms with Gasteiger partial charge < -0.3 is 15.0 Å². The second kappa shape index (κ2) is 5.53. The van der Waals surface area contributed by atoms with Crippen molar-refractivity contribution in [2.24, 2.45) is 7.05 Å². The van der Waals surface area contributed by atoms with E-state index in [1.54, 1.807) is 11.8 Å². The minimum absolute atomic E-state index is 0.0482. The first-order chi connectivity index (χ1) is 10.7. The largest absolute Gasteiger partial charge is 0.379 e. The van der Waals surface area contributed by atoms with Crippen LogP contribution in [0.3, 0.4) is 0 Å². The van der Waals surface area contributed by atoms with E-state index in [2.05, 4.69) is 30.7 Å². The molecule has 0 spiro atoms. The lowest BCUT2D eigenvalue weighted by atomic mass is 9.96. The van der Waals surface area contributed by atoms with Gasteiger partial charge in [-0.25, -0.2) is 4.98 Å². The highest BCUT2D eigenvalue weighted by atomic mass is 32.2. The average molecular weight is 333 g/mol. The van der Waals surface area contributed by atoms with Crippen molar-refractivity contribution in [2.45, 2.75) is 38.2 Å². The van der Waals surface area contributed by atoms with Gasteiger partial charge in [-0.15, -0.1) is 0 Å². The Hall–Kier alpha value is -1.53. The van der Waals surface area contributed by atoms with Crippen molar-refractivity contribution >= 4 is 34.4 Å². The fourth-order valence-electron chi connectivity index (χ4n) is 2.93. The summed E-state index contributed by atoms with van der Waals surface area (Å²) in [6.07, 6.45) is 0.503. The summed E-state index contributed by atoms with van der Waals surface area (Å²) in [5, 5.41) is 13.2. The molecule has 0 radical (unpaired) electrons. The highest BCUT2D eigenvalue weighted by Crippen LogP contribution is 2.30. The number of aryl methyl sites for hydroxylation is 1. The topological polar surface area (TPSA) is 67.2 Å². The van der Waals surface area contributed by atoms with Crippen molar-refractivity contribution in [2.75, 3.05) is 16.8 Å². The van der Waals surface area contributed by atoms with Crippen molar-refractivity contribution in [3.05, 3.63) is 24.0 Å². The van der Waals surface area contributed by atoms with E-state index in [4.69, 9.17) is 4.98 Å². The monoisotopic (exact) mass is 333 g/mol. The van der Waals surface area contributed by atoms with Crippen LogP contribution >= 0.6 is 11.8 Å². The highest BCUT2D eigenvalue weighted by molar-refractivity contribution is 7.99. The number of nitrogens with zero attached hydrogens (tertiary/aromatic N) is 2. The van der Waals surface area contributed by atoms with Gasteiger partial charge in [-0.2, -0.15) is 11.8 Å². The first-order valence-electron chi connectivity index (χ1n) is 7.79. The predicted molar refractivity (Wildman–Crippen MR) is 94.9 cm³/mol. The molecule has 2 heterocycles. The second-order valence-corrected chi connectivity index (χ2v) is 8.34. The maximum atomic E-state index is 12.3. The molecule has 0 saturated carbocycles. The van der Waals surface area contributed by atoms with Crippen LogP contribution in [0.5, 0.6) is 0 Å². The zero-order chi connectivity index (χ0) is 16.8. The Morgan fingerprint density at radius 1 is 1.43 bits per heavy atom. The van der Waals surface area contributed by atoms with Gasteiger partial charge in [0.15, 0.2) is 5.60 Å². The minimum Gasteiger partial charge on any atom is -0.379 e. The van der Waals surface area contributed by atoms with Gasteiger partial charge in [0, 0.05) is 23.9 Å².